The maximum absolute atomic E-state index is 13.0. The minimum Gasteiger partial charge on any atom is -0.481 e. The van der Waals surface area contributed by atoms with Gasteiger partial charge in [-0.3, -0.25) is 4.79 Å². The van der Waals surface area contributed by atoms with Crippen LogP contribution < -0.4 is 9.64 Å². The first kappa shape index (κ1) is 17.6. The monoisotopic (exact) mass is 369 g/mol. The number of nitrogens with zero attached hydrogens (tertiary/aromatic N) is 1. The molecule has 1 amide bonds. The minimum absolute atomic E-state index is 0.0487. The van der Waals surface area contributed by atoms with E-state index in [1.54, 1.807) is 17.0 Å². The molecule has 2 aliphatic heterocycles. The molecule has 4 nitrogen and oxygen atoms in total. The molecule has 2 saturated heterocycles. The van der Waals surface area contributed by atoms with E-state index in [9.17, 15) is 18.0 Å². The van der Waals surface area contributed by atoms with Gasteiger partial charge in [0.15, 0.2) is 6.10 Å². The summed E-state index contributed by atoms with van der Waals surface area (Å²) < 4.78 is 48.2. The number of halogens is 3. The summed E-state index contributed by atoms with van der Waals surface area (Å²) in [4.78, 5) is 14.8. The van der Waals surface area contributed by atoms with Crippen LogP contribution in [-0.2, 0) is 9.53 Å². The van der Waals surface area contributed by atoms with Gasteiger partial charge in [-0.2, -0.15) is 13.2 Å². The lowest BCUT2D eigenvalue weighted by molar-refractivity contribution is -0.189. The molecule has 3 fully saturated rings. The normalized spacial score (nSPS) is 32.3. The molecular weight excluding hydrogens is 347 g/mol. The SMILES string of the molecule is C[C@@H](Oc1ccc(N2CCC3(CCC4(CC3)CO4)C2=O)cc1)C(F)(F)F. The predicted octanol–water partition coefficient (Wildman–Crippen LogP) is 4.08. The number of rotatable bonds is 3. The maximum Gasteiger partial charge on any atom is 0.425 e. The molecule has 1 saturated carbocycles. The van der Waals surface area contributed by atoms with Crippen LogP contribution in [0.3, 0.4) is 0 Å². The fourth-order valence-electron chi connectivity index (χ4n) is 4.08. The van der Waals surface area contributed by atoms with Gasteiger partial charge in [-0.25, -0.2) is 0 Å². The molecule has 0 bridgehead atoms. The van der Waals surface area contributed by atoms with E-state index in [4.69, 9.17) is 9.47 Å². The van der Waals surface area contributed by atoms with Gasteiger partial charge in [-0.05, 0) is 63.3 Å². The molecule has 0 radical (unpaired) electrons. The number of alkyl halides is 3. The molecule has 3 aliphatic rings. The van der Waals surface area contributed by atoms with Crippen LogP contribution in [0.5, 0.6) is 5.75 Å². The van der Waals surface area contributed by atoms with E-state index in [1.807, 2.05) is 0 Å². The third-order valence-electron chi connectivity index (χ3n) is 6.11. The summed E-state index contributed by atoms with van der Waals surface area (Å²) in [5.41, 5.74) is 0.464. The van der Waals surface area contributed by atoms with E-state index in [-0.39, 0.29) is 22.7 Å². The van der Waals surface area contributed by atoms with Gasteiger partial charge in [0.25, 0.3) is 0 Å². The van der Waals surface area contributed by atoms with Crippen LogP contribution in [0.1, 0.15) is 39.0 Å². The Morgan fingerprint density at radius 3 is 2.27 bits per heavy atom. The topological polar surface area (TPSA) is 42.1 Å². The van der Waals surface area contributed by atoms with Crippen LogP contribution in [0, 0.1) is 5.41 Å². The number of benzene rings is 1. The summed E-state index contributed by atoms with van der Waals surface area (Å²) in [5.74, 6) is 0.274. The molecular formula is C19H22F3NO3. The Bertz CT molecular complexity index is 687. The molecule has 0 N–H and O–H groups in total. The summed E-state index contributed by atoms with van der Waals surface area (Å²) in [5, 5.41) is 0. The van der Waals surface area contributed by atoms with Crippen LogP contribution >= 0.6 is 0 Å². The fraction of sp³-hybridized carbons (Fsp3) is 0.632. The average Bonchev–Trinajstić information content (AvgIpc) is 3.29. The van der Waals surface area contributed by atoms with E-state index in [2.05, 4.69) is 0 Å². The largest absolute Gasteiger partial charge is 0.481 e. The van der Waals surface area contributed by atoms with E-state index >= 15 is 0 Å². The molecule has 7 heteroatoms. The van der Waals surface area contributed by atoms with E-state index < -0.39 is 12.3 Å². The summed E-state index contributed by atoms with van der Waals surface area (Å²) in [7, 11) is 0. The lowest BCUT2D eigenvalue weighted by Crippen LogP contribution is -2.39. The Hall–Kier alpha value is -1.76. The van der Waals surface area contributed by atoms with Crippen molar-refractivity contribution in [3.8, 4) is 5.75 Å². The quantitative estimate of drug-likeness (QED) is 0.754. The number of ether oxygens (including phenoxy) is 2. The van der Waals surface area contributed by atoms with E-state index in [0.717, 1.165) is 45.6 Å². The Morgan fingerprint density at radius 1 is 1.12 bits per heavy atom. The molecule has 26 heavy (non-hydrogen) atoms. The van der Waals surface area contributed by atoms with Crippen LogP contribution in [0.4, 0.5) is 18.9 Å². The Labute approximate surface area is 150 Å². The van der Waals surface area contributed by atoms with Gasteiger partial charge in [0.1, 0.15) is 5.75 Å². The van der Waals surface area contributed by atoms with Crippen molar-refractivity contribution in [2.75, 3.05) is 18.1 Å². The minimum atomic E-state index is -4.40. The second-order valence-corrected chi connectivity index (χ2v) is 7.75. The fourth-order valence-corrected chi connectivity index (χ4v) is 4.08. The highest BCUT2D eigenvalue weighted by molar-refractivity contribution is 6.00. The standard InChI is InChI=1S/C19H22F3NO3/c1-13(19(20,21)22)26-15-4-2-14(3-5-15)23-11-10-17(16(23)24)6-8-18(9-7-17)12-25-18/h2-5,13H,6-12H2,1H3/t13-,17?,18?/m1/s1. The zero-order valence-corrected chi connectivity index (χ0v) is 14.6. The number of amides is 1. The highest BCUT2D eigenvalue weighted by atomic mass is 19.4. The number of carbonyl (C=O) groups is 1. The van der Waals surface area contributed by atoms with Gasteiger partial charge in [-0.1, -0.05) is 0 Å². The van der Waals surface area contributed by atoms with Crippen LogP contribution in [0.15, 0.2) is 24.3 Å². The van der Waals surface area contributed by atoms with Crippen LogP contribution in [0.25, 0.3) is 0 Å². The zero-order valence-electron chi connectivity index (χ0n) is 14.6. The Kier molecular flexibility index (Phi) is 3.99. The van der Waals surface area contributed by atoms with Crippen LogP contribution in [-0.4, -0.2) is 36.9 Å². The average molecular weight is 369 g/mol. The number of anilines is 1. The maximum atomic E-state index is 13.0. The first-order chi connectivity index (χ1) is 12.2. The second kappa shape index (κ2) is 5.87. The molecule has 1 atom stereocenters. The molecule has 2 spiro atoms. The van der Waals surface area contributed by atoms with Gasteiger partial charge in [0.05, 0.1) is 17.6 Å². The highest BCUT2D eigenvalue weighted by Crippen LogP contribution is 2.53. The summed E-state index contributed by atoms with van der Waals surface area (Å²) in [6.07, 6.45) is -1.86. The van der Waals surface area contributed by atoms with Crippen molar-refractivity contribution in [3.05, 3.63) is 24.3 Å². The van der Waals surface area contributed by atoms with Crippen LogP contribution in [0.2, 0.25) is 0 Å². The van der Waals surface area contributed by atoms with Crippen molar-refractivity contribution < 1.29 is 27.4 Å². The molecule has 1 aromatic carbocycles. The highest BCUT2D eigenvalue weighted by Gasteiger charge is 2.56. The lowest BCUT2D eigenvalue weighted by atomic mass is 9.69. The van der Waals surface area contributed by atoms with E-state index in [1.165, 1.54) is 12.1 Å². The van der Waals surface area contributed by atoms with Gasteiger partial charge in [0.2, 0.25) is 5.91 Å². The first-order valence-corrected chi connectivity index (χ1v) is 9.03. The Morgan fingerprint density at radius 2 is 1.73 bits per heavy atom. The molecule has 1 aromatic rings. The Balaban J connectivity index is 1.43. The summed E-state index contributed by atoms with van der Waals surface area (Å²) in [6.45, 7) is 2.44. The van der Waals surface area contributed by atoms with Gasteiger partial charge < -0.3 is 14.4 Å². The molecule has 0 aromatic heterocycles. The van der Waals surface area contributed by atoms with Gasteiger partial charge in [0, 0.05) is 12.2 Å². The summed E-state index contributed by atoms with van der Waals surface area (Å²) in [6, 6.07) is 6.29. The van der Waals surface area contributed by atoms with Crippen molar-refractivity contribution in [3.63, 3.8) is 0 Å². The third-order valence-corrected chi connectivity index (χ3v) is 6.11. The number of hydrogen-bond donors (Lipinski definition) is 0. The van der Waals surface area contributed by atoms with Crippen molar-refractivity contribution in [1.82, 2.24) is 0 Å². The molecule has 2 heterocycles. The predicted molar refractivity (Wildman–Crippen MR) is 89.1 cm³/mol. The van der Waals surface area contributed by atoms with Gasteiger partial charge in [-0.15, -0.1) is 0 Å². The summed E-state index contributed by atoms with van der Waals surface area (Å²) >= 11 is 0. The second-order valence-electron chi connectivity index (χ2n) is 7.75. The number of carbonyl (C=O) groups excluding carboxylic acids is 1. The zero-order chi connectivity index (χ0) is 18.6. The lowest BCUT2D eigenvalue weighted by Gasteiger charge is -2.34. The smallest absolute Gasteiger partial charge is 0.425 e. The third kappa shape index (κ3) is 3.06. The number of epoxide rings is 1. The molecule has 4 rings (SSSR count). The number of hydrogen-bond acceptors (Lipinski definition) is 3. The van der Waals surface area contributed by atoms with Crippen molar-refractivity contribution >= 4 is 11.6 Å². The van der Waals surface area contributed by atoms with Crippen molar-refractivity contribution in [1.29, 1.82) is 0 Å². The van der Waals surface area contributed by atoms with E-state index in [0.29, 0.717) is 12.2 Å². The van der Waals surface area contributed by atoms with Gasteiger partial charge >= 0.3 is 6.18 Å². The molecule has 142 valence electrons. The molecule has 0 unspecified atom stereocenters. The van der Waals surface area contributed by atoms with Crippen molar-refractivity contribution in [2.45, 2.75) is 56.9 Å². The molecule has 1 aliphatic carbocycles. The van der Waals surface area contributed by atoms with Crippen molar-refractivity contribution in [2.24, 2.45) is 5.41 Å². The first-order valence-electron chi connectivity index (χ1n) is 9.03.